The molecule has 0 aliphatic carbocycles. The summed E-state index contributed by atoms with van der Waals surface area (Å²) in [6.45, 7) is 0. The normalized spacial score (nSPS) is 11.5. The van der Waals surface area contributed by atoms with E-state index in [1.165, 1.54) is 11.8 Å². The monoisotopic (exact) mass is 367 g/mol. The highest BCUT2D eigenvalue weighted by Gasteiger charge is 2.35. The van der Waals surface area contributed by atoms with Crippen LogP contribution in [0, 0.1) is 0 Å². The lowest BCUT2D eigenvalue weighted by Crippen LogP contribution is -2.14. The minimum Gasteiger partial charge on any atom is -0.300 e. The molecule has 0 atom stereocenters. The Kier molecular flexibility index (Phi) is 5.65. The maximum Gasteiger partial charge on any atom is 0.445 e. The van der Waals surface area contributed by atoms with Crippen molar-refractivity contribution in [1.82, 2.24) is 10.2 Å². The number of carbonyl (C=O) groups excluding carboxylic acids is 1. The highest BCUT2D eigenvalue weighted by molar-refractivity contribution is 7.99. The van der Waals surface area contributed by atoms with E-state index in [0.29, 0.717) is 22.1 Å². The van der Waals surface area contributed by atoms with Crippen molar-refractivity contribution in [3.63, 3.8) is 0 Å². The molecule has 0 spiro atoms. The van der Waals surface area contributed by atoms with E-state index in [9.17, 15) is 18.0 Å². The lowest BCUT2D eigenvalue weighted by Gasteiger charge is -2.03. The van der Waals surface area contributed by atoms with Gasteiger partial charge in [-0.1, -0.05) is 35.1 Å². The number of halogens is 4. The van der Waals surface area contributed by atoms with E-state index in [1.54, 1.807) is 18.2 Å². The zero-order valence-corrected chi connectivity index (χ0v) is 13.2. The number of benzene rings is 1. The predicted molar refractivity (Wildman–Crippen MR) is 81.2 cm³/mol. The molecule has 118 valence electrons. The van der Waals surface area contributed by atoms with E-state index < -0.39 is 17.1 Å². The minimum atomic E-state index is -4.55. The van der Waals surface area contributed by atoms with E-state index in [0.717, 1.165) is 5.56 Å². The summed E-state index contributed by atoms with van der Waals surface area (Å²) in [5.41, 5.74) is 0.959. The number of alkyl halides is 3. The van der Waals surface area contributed by atoms with Crippen molar-refractivity contribution in [3.8, 4) is 0 Å². The number of hydrogen-bond donors (Lipinski definition) is 1. The standard InChI is InChI=1S/C12H9ClF3N3OS2/c13-8-3-1-2-7(4-8)5-21-6-9(20)17-11-19-18-10(22-11)12(14,15)16/h1-4H,5-6H2,(H,17,19,20). The molecule has 0 radical (unpaired) electrons. The van der Waals surface area contributed by atoms with Crippen LogP contribution in [0.25, 0.3) is 0 Å². The number of nitrogens with one attached hydrogen (secondary N) is 1. The average Bonchev–Trinajstić information content (AvgIpc) is 2.87. The van der Waals surface area contributed by atoms with Crippen LogP contribution in [0.2, 0.25) is 5.02 Å². The fourth-order valence-electron chi connectivity index (χ4n) is 1.43. The Hall–Kier alpha value is -1.32. The van der Waals surface area contributed by atoms with Crippen LogP contribution in [0.5, 0.6) is 0 Å². The molecule has 4 nitrogen and oxygen atoms in total. The topological polar surface area (TPSA) is 54.9 Å². The van der Waals surface area contributed by atoms with Gasteiger partial charge in [-0.3, -0.25) is 10.1 Å². The average molecular weight is 368 g/mol. The number of carbonyl (C=O) groups is 1. The van der Waals surface area contributed by atoms with Crippen LogP contribution >= 0.6 is 34.7 Å². The van der Waals surface area contributed by atoms with Crippen molar-refractivity contribution in [2.75, 3.05) is 11.1 Å². The highest BCUT2D eigenvalue weighted by atomic mass is 35.5. The fourth-order valence-corrected chi connectivity index (χ4v) is 3.05. The van der Waals surface area contributed by atoms with Gasteiger partial charge in [0.25, 0.3) is 0 Å². The molecule has 1 aromatic heterocycles. The van der Waals surface area contributed by atoms with Gasteiger partial charge in [0, 0.05) is 10.8 Å². The van der Waals surface area contributed by atoms with Gasteiger partial charge in [0.15, 0.2) is 0 Å². The van der Waals surface area contributed by atoms with Crippen LogP contribution < -0.4 is 5.32 Å². The SMILES string of the molecule is O=C(CSCc1cccc(Cl)c1)Nc1nnc(C(F)(F)F)s1. The summed E-state index contributed by atoms with van der Waals surface area (Å²) in [6, 6.07) is 7.21. The number of nitrogens with zero attached hydrogens (tertiary/aromatic N) is 2. The lowest BCUT2D eigenvalue weighted by atomic mass is 10.2. The predicted octanol–water partition coefficient (Wildman–Crippen LogP) is 4.08. The third kappa shape index (κ3) is 5.15. The molecule has 10 heteroatoms. The van der Waals surface area contributed by atoms with Crippen molar-refractivity contribution < 1.29 is 18.0 Å². The van der Waals surface area contributed by atoms with Crippen molar-refractivity contribution in [2.45, 2.75) is 11.9 Å². The fraction of sp³-hybridized carbons (Fsp3) is 0.250. The number of aromatic nitrogens is 2. The Bertz CT molecular complexity index is 663. The second kappa shape index (κ2) is 7.30. The molecule has 1 amide bonds. The molecule has 22 heavy (non-hydrogen) atoms. The summed E-state index contributed by atoms with van der Waals surface area (Å²) in [5, 5.41) is 7.92. The smallest absolute Gasteiger partial charge is 0.300 e. The molecule has 0 fully saturated rings. The zero-order valence-electron chi connectivity index (χ0n) is 10.9. The number of amides is 1. The Labute approximate surface area is 137 Å². The maximum absolute atomic E-state index is 12.3. The first-order valence-corrected chi connectivity index (χ1v) is 8.22. The van der Waals surface area contributed by atoms with Crippen LogP contribution in [0.1, 0.15) is 10.6 Å². The van der Waals surface area contributed by atoms with Gasteiger partial charge in [-0.2, -0.15) is 13.2 Å². The maximum atomic E-state index is 12.3. The molecular formula is C12H9ClF3N3OS2. The van der Waals surface area contributed by atoms with Crippen molar-refractivity contribution in [3.05, 3.63) is 39.9 Å². The molecule has 0 unspecified atom stereocenters. The van der Waals surface area contributed by atoms with Gasteiger partial charge >= 0.3 is 6.18 Å². The Morgan fingerprint density at radius 2 is 2.14 bits per heavy atom. The van der Waals surface area contributed by atoms with E-state index in [2.05, 4.69) is 15.5 Å². The van der Waals surface area contributed by atoms with E-state index in [1.807, 2.05) is 6.07 Å². The summed E-state index contributed by atoms with van der Waals surface area (Å²) < 4.78 is 37.0. The third-order valence-corrected chi connectivity index (χ3v) is 4.43. The van der Waals surface area contributed by atoms with Crippen LogP contribution in [-0.4, -0.2) is 21.9 Å². The molecular weight excluding hydrogens is 359 g/mol. The van der Waals surface area contributed by atoms with E-state index in [4.69, 9.17) is 11.6 Å². The number of rotatable bonds is 5. The van der Waals surface area contributed by atoms with Gasteiger partial charge in [0.05, 0.1) is 5.75 Å². The Morgan fingerprint density at radius 3 is 2.77 bits per heavy atom. The van der Waals surface area contributed by atoms with Crippen LogP contribution in [0.4, 0.5) is 18.3 Å². The lowest BCUT2D eigenvalue weighted by molar-refractivity contribution is -0.138. The van der Waals surface area contributed by atoms with Crippen molar-refractivity contribution in [2.24, 2.45) is 0 Å². The molecule has 0 saturated carbocycles. The molecule has 2 aromatic rings. The molecule has 0 aliphatic heterocycles. The Morgan fingerprint density at radius 1 is 1.36 bits per heavy atom. The van der Waals surface area contributed by atoms with E-state index in [-0.39, 0.29) is 10.9 Å². The second-order valence-corrected chi connectivity index (χ2v) is 6.48. The van der Waals surface area contributed by atoms with Gasteiger partial charge in [0.1, 0.15) is 0 Å². The first-order chi connectivity index (χ1) is 10.3. The largest absolute Gasteiger partial charge is 0.445 e. The summed E-state index contributed by atoms with van der Waals surface area (Å²) in [7, 11) is 0. The van der Waals surface area contributed by atoms with Crippen molar-refractivity contribution >= 4 is 45.7 Å². The van der Waals surface area contributed by atoms with Gasteiger partial charge in [0.2, 0.25) is 16.0 Å². The molecule has 2 rings (SSSR count). The second-order valence-electron chi connectivity index (χ2n) is 4.08. The summed E-state index contributed by atoms with van der Waals surface area (Å²) in [5.74, 6) is 0.225. The molecule has 1 aromatic carbocycles. The van der Waals surface area contributed by atoms with Crippen LogP contribution in [-0.2, 0) is 16.7 Å². The zero-order chi connectivity index (χ0) is 16.2. The molecule has 0 aliphatic rings. The van der Waals surface area contributed by atoms with Gasteiger partial charge in [-0.05, 0) is 17.7 Å². The van der Waals surface area contributed by atoms with Crippen LogP contribution in [0.15, 0.2) is 24.3 Å². The van der Waals surface area contributed by atoms with Gasteiger partial charge in [-0.15, -0.1) is 22.0 Å². The van der Waals surface area contributed by atoms with Crippen LogP contribution in [0.3, 0.4) is 0 Å². The first kappa shape index (κ1) is 17.0. The number of hydrogen-bond acceptors (Lipinski definition) is 5. The van der Waals surface area contributed by atoms with E-state index >= 15 is 0 Å². The molecule has 1 N–H and O–H groups in total. The number of anilines is 1. The molecule has 0 saturated heterocycles. The Balaban J connectivity index is 1.80. The third-order valence-electron chi connectivity index (χ3n) is 2.30. The highest BCUT2D eigenvalue weighted by Crippen LogP contribution is 2.33. The first-order valence-electron chi connectivity index (χ1n) is 5.87. The quantitative estimate of drug-likeness (QED) is 0.865. The summed E-state index contributed by atoms with van der Waals surface area (Å²) >= 11 is 7.45. The van der Waals surface area contributed by atoms with Gasteiger partial charge in [-0.25, -0.2) is 0 Å². The van der Waals surface area contributed by atoms with Gasteiger partial charge < -0.3 is 0 Å². The summed E-state index contributed by atoms with van der Waals surface area (Å²) in [6.07, 6.45) is -4.55. The molecule has 1 heterocycles. The summed E-state index contributed by atoms with van der Waals surface area (Å²) in [4.78, 5) is 11.6. The number of thioether (sulfide) groups is 1. The molecule has 0 bridgehead atoms. The van der Waals surface area contributed by atoms with Crippen molar-refractivity contribution in [1.29, 1.82) is 0 Å². The minimum absolute atomic E-state index is 0.0907.